The van der Waals surface area contributed by atoms with Crippen molar-refractivity contribution in [2.45, 2.75) is 18.4 Å². The summed E-state index contributed by atoms with van der Waals surface area (Å²) < 4.78 is 27.1. The van der Waals surface area contributed by atoms with Crippen molar-refractivity contribution in [1.82, 2.24) is 0 Å². The van der Waals surface area contributed by atoms with Crippen LogP contribution >= 0.6 is 23.2 Å². The van der Waals surface area contributed by atoms with Crippen LogP contribution in [0.4, 0.5) is 5.69 Å². The van der Waals surface area contributed by atoms with Crippen LogP contribution in [-0.2, 0) is 16.6 Å². The SMILES string of the molecule is Cc1ccc(S(=O)(=O)Nc2cccc(Cl)c2Cl)cc1CO. The molecule has 0 aliphatic carbocycles. The maximum absolute atomic E-state index is 12.4. The van der Waals surface area contributed by atoms with Crippen molar-refractivity contribution in [1.29, 1.82) is 0 Å². The third-order valence-corrected chi connectivity index (χ3v) is 5.18. The third kappa shape index (κ3) is 3.49. The van der Waals surface area contributed by atoms with Gasteiger partial charge in [0.1, 0.15) is 0 Å². The Kier molecular flexibility index (Phi) is 4.78. The van der Waals surface area contributed by atoms with Gasteiger partial charge in [0, 0.05) is 0 Å². The average Bonchev–Trinajstić information content (AvgIpc) is 2.44. The Balaban J connectivity index is 2.41. The monoisotopic (exact) mass is 345 g/mol. The molecule has 0 saturated carbocycles. The molecule has 0 amide bonds. The number of halogens is 2. The molecule has 7 heteroatoms. The van der Waals surface area contributed by atoms with Gasteiger partial charge in [0.25, 0.3) is 10.0 Å². The number of rotatable bonds is 4. The number of nitrogens with one attached hydrogen (secondary N) is 1. The minimum Gasteiger partial charge on any atom is -0.392 e. The van der Waals surface area contributed by atoms with Gasteiger partial charge in [0.05, 0.1) is 27.2 Å². The molecule has 0 unspecified atom stereocenters. The molecule has 2 aromatic rings. The van der Waals surface area contributed by atoms with E-state index < -0.39 is 10.0 Å². The lowest BCUT2D eigenvalue weighted by molar-refractivity contribution is 0.281. The van der Waals surface area contributed by atoms with Crippen LogP contribution < -0.4 is 4.72 Å². The summed E-state index contributed by atoms with van der Waals surface area (Å²) in [6.07, 6.45) is 0. The summed E-state index contributed by atoms with van der Waals surface area (Å²) in [4.78, 5) is 0.0493. The van der Waals surface area contributed by atoms with Gasteiger partial charge >= 0.3 is 0 Å². The van der Waals surface area contributed by atoms with Crippen LogP contribution in [0.3, 0.4) is 0 Å². The Hall–Kier alpha value is -1.27. The molecule has 21 heavy (non-hydrogen) atoms. The number of aliphatic hydroxyl groups is 1. The van der Waals surface area contributed by atoms with E-state index in [4.69, 9.17) is 23.2 Å². The molecule has 0 bridgehead atoms. The summed E-state index contributed by atoms with van der Waals surface area (Å²) in [6, 6.07) is 9.22. The van der Waals surface area contributed by atoms with E-state index in [9.17, 15) is 13.5 Å². The van der Waals surface area contributed by atoms with Crippen LogP contribution in [0.25, 0.3) is 0 Å². The van der Waals surface area contributed by atoms with Crippen molar-refractivity contribution in [3.63, 3.8) is 0 Å². The number of anilines is 1. The van der Waals surface area contributed by atoms with Gasteiger partial charge in [-0.15, -0.1) is 0 Å². The fourth-order valence-electron chi connectivity index (χ4n) is 1.77. The first-order chi connectivity index (χ1) is 9.85. The normalized spacial score (nSPS) is 11.4. The van der Waals surface area contributed by atoms with Crippen LogP contribution in [0.1, 0.15) is 11.1 Å². The summed E-state index contributed by atoms with van der Waals surface area (Å²) in [5.41, 5.74) is 1.57. The summed E-state index contributed by atoms with van der Waals surface area (Å²) in [5, 5.41) is 9.62. The number of sulfonamides is 1. The molecule has 0 aliphatic rings. The Morgan fingerprint density at radius 3 is 2.57 bits per heavy atom. The van der Waals surface area contributed by atoms with Crippen LogP contribution in [0.5, 0.6) is 0 Å². The highest BCUT2D eigenvalue weighted by Gasteiger charge is 2.17. The molecule has 2 N–H and O–H groups in total. The molecule has 0 atom stereocenters. The average molecular weight is 346 g/mol. The zero-order chi connectivity index (χ0) is 15.6. The van der Waals surface area contributed by atoms with Gasteiger partial charge in [0.2, 0.25) is 0 Å². The summed E-state index contributed by atoms with van der Waals surface area (Å²) >= 11 is 11.8. The van der Waals surface area contributed by atoms with E-state index in [0.29, 0.717) is 5.56 Å². The lowest BCUT2D eigenvalue weighted by Crippen LogP contribution is -2.14. The predicted octanol–water partition coefficient (Wildman–Crippen LogP) is 3.59. The van der Waals surface area contributed by atoms with E-state index in [1.54, 1.807) is 25.1 Å². The Bertz CT molecular complexity index is 776. The largest absolute Gasteiger partial charge is 0.392 e. The number of aliphatic hydroxyl groups excluding tert-OH is 1. The van der Waals surface area contributed by atoms with Gasteiger partial charge in [-0.3, -0.25) is 4.72 Å². The van der Waals surface area contributed by atoms with Gasteiger partial charge in [-0.25, -0.2) is 8.42 Å². The van der Waals surface area contributed by atoms with Crippen molar-refractivity contribution in [3.8, 4) is 0 Å². The zero-order valence-electron chi connectivity index (χ0n) is 11.1. The molecule has 2 aromatic carbocycles. The Morgan fingerprint density at radius 2 is 1.90 bits per heavy atom. The maximum atomic E-state index is 12.4. The Labute approximate surface area is 133 Å². The van der Waals surface area contributed by atoms with Crippen molar-refractivity contribution >= 4 is 38.9 Å². The maximum Gasteiger partial charge on any atom is 0.261 e. The second kappa shape index (κ2) is 6.23. The molecule has 0 spiro atoms. The summed E-state index contributed by atoms with van der Waals surface area (Å²) in [5.74, 6) is 0. The van der Waals surface area contributed by atoms with Crippen molar-refractivity contribution in [2.75, 3.05) is 4.72 Å². The Morgan fingerprint density at radius 1 is 1.19 bits per heavy atom. The molecular formula is C14H13Cl2NO3S. The molecule has 0 aromatic heterocycles. The fraction of sp³-hybridized carbons (Fsp3) is 0.143. The lowest BCUT2D eigenvalue weighted by Gasteiger charge is -2.12. The number of aryl methyl sites for hydroxylation is 1. The van der Waals surface area contributed by atoms with Crippen LogP contribution in [0.2, 0.25) is 10.0 Å². The van der Waals surface area contributed by atoms with E-state index in [1.807, 2.05) is 0 Å². The fourth-order valence-corrected chi connectivity index (χ4v) is 3.30. The molecule has 0 radical (unpaired) electrons. The van der Waals surface area contributed by atoms with Gasteiger partial charge in [-0.05, 0) is 42.3 Å². The third-order valence-electron chi connectivity index (χ3n) is 3.00. The van der Waals surface area contributed by atoms with Crippen LogP contribution in [0.15, 0.2) is 41.3 Å². The highest BCUT2D eigenvalue weighted by molar-refractivity contribution is 7.92. The molecule has 0 fully saturated rings. The first-order valence-corrected chi connectivity index (χ1v) is 8.26. The number of benzene rings is 2. The molecular weight excluding hydrogens is 333 g/mol. The van der Waals surface area contributed by atoms with Gasteiger partial charge in [-0.2, -0.15) is 0 Å². The van der Waals surface area contributed by atoms with Crippen LogP contribution in [0, 0.1) is 6.92 Å². The topological polar surface area (TPSA) is 66.4 Å². The smallest absolute Gasteiger partial charge is 0.261 e. The highest BCUT2D eigenvalue weighted by Crippen LogP contribution is 2.31. The van der Waals surface area contributed by atoms with Crippen molar-refractivity contribution in [3.05, 3.63) is 57.6 Å². The van der Waals surface area contributed by atoms with Gasteiger partial charge in [0.15, 0.2) is 0 Å². The first kappa shape index (κ1) is 16.1. The highest BCUT2D eigenvalue weighted by atomic mass is 35.5. The van der Waals surface area contributed by atoms with E-state index in [0.717, 1.165) is 5.56 Å². The lowest BCUT2D eigenvalue weighted by atomic mass is 10.1. The quantitative estimate of drug-likeness (QED) is 0.889. The number of hydrogen-bond donors (Lipinski definition) is 2. The second-order valence-corrected chi connectivity index (χ2v) is 6.92. The molecule has 0 aliphatic heterocycles. The van der Waals surface area contributed by atoms with Gasteiger partial charge in [-0.1, -0.05) is 35.3 Å². The summed E-state index contributed by atoms with van der Waals surface area (Å²) in [6.45, 7) is 1.57. The first-order valence-electron chi connectivity index (χ1n) is 6.02. The minimum absolute atomic E-state index is 0.0493. The van der Waals surface area contributed by atoms with E-state index in [2.05, 4.69) is 4.72 Å². The van der Waals surface area contributed by atoms with E-state index >= 15 is 0 Å². The molecule has 112 valence electrons. The minimum atomic E-state index is -3.81. The van der Waals surface area contributed by atoms with E-state index in [-0.39, 0.29) is 27.2 Å². The molecule has 0 saturated heterocycles. The summed E-state index contributed by atoms with van der Waals surface area (Å²) in [7, 11) is -3.81. The molecule has 2 rings (SSSR count). The number of hydrogen-bond acceptors (Lipinski definition) is 3. The zero-order valence-corrected chi connectivity index (χ0v) is 13.4. The predicted molar refractivity (Wildman–Crippen MR) is 84.4 cm³/mol. The molecule has 4 nitrogen and oxygen atoms in total. The second-order valence-electron chi connectivity index (χ2n) is 4.45. The van der Waals surface area contributed by atoms with Crippen molar-refractivity contribution in [2.24, 2.45) is 0 Å². The van der Waals surface area contributed by atoms with Crippen LogP contribution in [-0.4, -0.2) is 13.5 Å². The van der Waals surface area contributed by atoms with Gasteiger partial charge < -0.3 is 5.11 Å². The molecule has 0 heterocycles. The van der Waals surface area contributed by atoms with Crippen molar-refractivity contribution < 1.29 is 13.5 Å². The standard InChI is InChI=1S/C14H13Cl2NO3S/c1-9-5-6-11(7-10(9)8-18)21(19,20)17-13-4-2-3-12(15)14(13)16/h2-7,17-18H,8H2,1H3. The van der Waals surface area contributed by atoms with E-state index in [1.165, 1.54) is 18.2 Å².